The Morgan fingerprint density at radius 2 is 2.23 bits per heavy atom. The first-order valence-corrected chi connectivity index (χ1v) is 7.19. The molecule has 116 valence electrons. The summed E-state index contributed by atoms with van der Waals surface area (Å²) < 4.78 is 12.9. The minimum atomic E-state index is -0.416. The molecule has 0 N–H and O–H groups in total. The molecule has 6 nitrogen and oxygen atoms in total. The molecule has 0 amide bonds. The van der Waals surface area contributed by atoms with Gasteiger partial charge in [0.05, 0.1) is 7.11 Å². The molecular formula is C16H19N3O3. The van der Waals surface area contributed by atoms with Crippen LogP contribution in [-0.2, 0) is 6.42 Å². The highest BCUT2D eigenvalue weighted by Gasteiger charge is 2.34. The zero-order chi connectivity index (χ0) is 15.9. The van der Waals surface area contributed by atoms with E-state index >= 15 is 0 Å². The maximum Gasteiger partial charge on any atom is 0.187 e. The van der Waals surface area contributed by atoms with Crippen LogP contribution in [0.4, 0.5) is 0 Å². The van der Waals surface area contributed by atoms with Crippen molar-refractivity contribution in [3.8, 4) is 11.5 Å². The van der Waals surface area contributed by atoms with E-state index in [9.17, 15) is 4.79 Å². The number of rotatable bonds is 4. The number of methoxy groups -OCH3 is 1. The Bertz CT molecular complexity index is 708. The molecule has 0 bridgehead atoms. The summed E-state index contributed by atoms with van der Waals surface area (Å²) in [6.45, 7) is 5.84. The second kappa shape index (κ2) is 5.12. The number of carbonyl (C=O) groups excluding carboxylic acids is 1. The normalized spacial score (nSPS) is 16.7. The summed E-state index contributed by atoms with van der Waals surface area (Å²) in [7, 11) is 1.58. The SMILES string of the molecule is COc1cc(C(=O)C(C)n2cncn2)cc2c1OC(C)(C)C2. The second-order valence-corrected chi connectivity index (χ2v) is 6.12. The van der Waals surface area contributed by atoms with E-state index in [4.69, 9.17) is 9.47 Å². The van der Waals surface area contributed by atoms with Crippen LogP contribution in [0.2, 0.25) is 0 Å². The Hall–Kier alpha value is -2.37. The van der Waals surface area contributed by atoms with Crippen LogP contribution >= 0.6 is 0 Å². The van der Waals surface area contributed by atoms with Crippen LogP contribution in [0.15, 0.2) is 24.8 Å². The van der Waals surface area contributed by atoms with Gasteiger partial charge in [-0.3, -0.25) is 4.79 Å². The summed E-state index contributed by atoms with van der Waals surface area (Å²) in [5.41, 5.74) is 1.31. The molecule has 1 atom stereocenters. The number of benzene rings is 1. The van der Waals surface area contributed by atoms with E-state index in [1.807, 2.05) is 19.9 Å². The van der Waals surface area contributed by atoms with Crippen LogP contribution < -0.4 is 9.47 Å². The number of ketones is 1. The Morgan fingerprint density at radius 3 is 2.86 bits per heavy atom. The van der Waals surface area contributed by atoms with Crippen molar-refractivity contribution < 1.29 is 14.3 Å². The lowest BCUT2D eigenvalue weighted by atomic mass is 9.97. The summed E-state index contributed by atoms with van der Waals surface area (Å²) >= 11 is 0. The van der Waals surface area contributed by atoms with Crippen LogP contribution in [0.25, 0.3) is 0 Å². The molecule has 0 radical (unpaired) electrons. The first-order chi connectivity index (χ1) is 10.4. The minimum absolute atomic E-state index is 0.0312. The van der Waals surface area contributed by atoms with Gasteiger partial charge in [-0.25, -0.2) is 9.67 Å². The van der Waals surface area contributed by atoms with Gasteiger partial charge in [0.2, 0.25) is 0 Å². The predicted octanol–water partition coefficient (Wildman–Crippen LogP) is 2.44. The lowest BCUT2D eigenvalue weighted by Gasteiger charge is -2.18. The first kappa shape index (κ1) is 14.6. The molecule has 1 aromatic heterocycles. The van der Waals surface area contributed by atoms with E-state index in [-0.39, 0.29) is 11.4 Å². The van der Waals surface area contributed by atoms with Gasteiger partial charge in [-0.15, -0.1) is 0 Å². The van der Waals surface area contributed by atoms with Gasteiger partial charge in [-0.2, -0.15) is 5.10 Å². The molecule has 0 saturated heterocycles. The Labute approximate surface area is 129 Å². The summed E-state index contributed by atoms with van der Waals surface area (Å²) in [5, 5.41) is 4.03. The van der Waals surface area contributed by atoms with Gasteiger partial charge in [0.25, 0.3) is 0 Å². The molecule has 1 aliphatic heterocycles. The fourth-order valence-electron chi connectivity index (χ4n) is 2.75. The molecule has 1 unspecified atom stereocenters. The standard InChI is InChI=1S/C16H19N3O3/c1-10(19-9-17-8-18-19)14(20)11-5-12-7-16(2,3)22-15(12)13(6-11)21-4/h5-6,8-10H,7H2,1-4H3. The van der Waals surface area contributed by atoms with Crippen LogP contribution in [0.3, 0.4) is 0 Å². The maximum atomic E-state index is 12.7. The van der Waals surface area contributed by atoms with Gasteiger partial charge in [-0.05, 0) is 32.9 Å². The van der Waals surface area contributed by atoms with E-state index in [2.05, 4.69) is 10.1 Å². The molecule has 0 aliphatic carbocycles. The second-order valence-electron chi connectivity index (χ2n) is 6.12. The average molecular weight is 301 g/mol. The van der Waals surface area contributed by atoms with E-state index in [1.54, 1.807) is 31.1 Å². The fraction of sp³-hybridized carbons (Fsp3) is 0.438. The van der Waals surface area contributed by atoms with Crippen LogP contribution in [0, 0.1) is 0 Å². The number of fused-ring (bicyclic) bond motifs is 1. The molecule has 22 heavy (non-hydrogen) atoms. The molecular weight excluding hydrogens is 282 g/mol. The van der Waals surface area contributed by atoms with Gasteiger partial charge < -0.3 is 9.47 Å². The third-order valence-electron chi connectivity index (χ3n) is 3.84. The quantitative estimate of drug-likeness (QED) is 0.811. The monoisotopic (exact) mass is 301 g/mol. The topological polar surface area (TPSA) is 66.2 Å². The molecule has 6 heteroatoms. The van der Waals surface area contributed by atoms with E-state index in [1.165, 1.54) is 6.33 Å². The van der Waals surface area contributed by atoms with Crippen molar-refractivity contribution in [1.29, 1.82) is 0 Å². The molecule has 0 spiro atoms. The average Bonchev–Trinajstić information content (AvgIpc) is 3.10. The third-order valence-corrected chi connectivity index (χ3v) is 3.84. The zero-order valence-electron chi connectivity index (χ0n) is 13.2. The van der Waals surface area contributed by atoms with Crippen LogP contribution in [0.5, 0.6) is 11.5 Å². The van der Waals surface area contributed by atoms with Crippen molar-refractivity contribution in [3.63, 3.8) is 0 Å². The summed E-state index contributed by atoms with van der Waals surface area (Å²) in [4.78, 5) is 16.6. The van der Waals surface area contributed by atoms with Gasteiger partial charge in [0.15, 0.2) is 17.3 Å². The predicted molar refractivity (Wildman–Crippen MR) is 80.5 cm³/mol. The Balaban J connectivity index is 1.98. The summed E-state index contributed by atoms with van der Waals surface area (Å²) in [6, 6.07) is 3.21. The van der Waals surface area contributed by atoms with Crippen molar-refractivity contribution >= 4 is 5.78 Å². The highest BCUT2D eigenvalue weighted by molar-refractivity contribution is 5.99. The number of hydrogen-bond acceptors (Lipinski definition) is 5. The number of aromatic nitrogens is 3. The fourth-order valence-corrected chi connectivity index (χ4v) is 2.75. The molecule has 0 fully saturated rings. The number of hydrogen-bond donors (Lipinski definition) is 0. The highest BCUT2D eigenvalue weighted by atomic mass is 16.5. The van der Waals surface area contributed by atoms with Gasteiger partial charge in [-0.1, -0.05) is 0 Å². The zero-order valence-corrected chi connectivity index (χ0v) is 13.2. The van der Waals surface area contributed by atoms with Crippen molar-refractivity contribution in [2.45, 2.75) is 38.8 Å². The molecule has 1 aromatic carbocycles. The molecule has 3 rings (SSSR count). The van der Waals surface area contributed by atoms with Crippen molar-refractivity contribution in [3.05, 3.63) is 35.9 Å². The minimum Gasteiger partial charge on any atom is -0.493 e. The number of carbonyl (C=O) groups is 1. The smallest absolute Gasteiger partial charge is 0.187 e. The Kier molecular flexibility index (Phi) is 3.39. The van der Waals surface area contributed by atoms with Gasteiger partial charge >= 0.3 is 0 Å². The lowest BCUT2D eigenvalue weighted by molar-refractivity contribution is 0.0927. The van der Waals surface area contributed by atoms with Crippen LogP contribution in [-0.4, -0.2) is 33.3 Å². The van der Waals surface area contributed by atoms with E-state index < -0.39 is 6.04 Å². The molecule has 2 heterocycles. The van der Waals surface area contributed by atoms with Gasteiger partial charge in [0.1, 0.15) is 24.3 Å². The maximum absolute atomic E-state index is 12.7. The van der Waals surface area contributed by atoms with Gasteiger partial charge in [0, 0.05) is 17.5 Å². The van der Waals surface area contributed by atoms with Crippen molar-refractivity contribution in [1.82, 2.24) is 14.8 Å². The lowest BCUT2D eigenvalue weighted by Crippen LogP contribution is -2.24. The Morgan fingerprint density at radius 1 is 1.45 bits per heavy atom. The number of nitrogens with zero attached hydrogens (tertiary/aromatic N) is 3. The van der Waals surface area contributed by atoms with Crippen molar-refractivity contribution in [2.75, 3.05) is 7.11 Å². The van der Waals surface area contributed by atoms with Crippen molar-refractivity contribution in [2.24, 2.45) is 0 Å². The van der Waals surface area contributed by atoms with Crippen LogP contribution in [0.1, 0.15) is 42.7 Å². The third kappa shape index (κ3) is 2.45. The first-order valence-electron chi connectivity index (χ1n) is 7.19. The molecule has 0 saturated carbocycles. The summed E-state index contributed by atoms with van der Waals surface area (Å²) in [6.07, 6.45) is 3.71. The number of Topliss-reactive ketones (excluding diaryl/α,β-unsaturated/α-hetero) is 1. The molecule has 2 aromatic rings. The number of ether oxygens (including phenoxy) is 2. The molecule has 1 aliphatic rings. The highest BCUT2D eigenvalue weighted by Crippen LogP contribution is 2.43. The van der Waals surface area contributed by atoms with E-state index in [0.717, 1.165) is 17.7 Å². The van der Waals surface area contributed by atoms with E-state index in [0.29, 0.717) is 11.3 Å². The summed E-state index contributed by atoms with van der Waals surface area (Å²) in [5.74, 6) is 1.30. The largest absolute Gasteiger partial charge is 0.493 e.